The lowest BCUT2D eigenvalue weighted by Crippen LogP contribution is -2.45. The molecule has 1 atom stereocenters. The van der Waals surface area contributed by atoms with Crippen LogP contribution in [0.5, 0.6) is 5.75 Å². The van der Waals surface area contributed by atoms with Crippen molar-refractivity contribution in [2.75, 3.05) is 13.7 Å². The number of benzene rings is 3. The third-order valence-electron chi connectivity index (χ3n) is 7.57. The van der Waals surface area contributed by atoms with Crippen molar-refractivity contribution in [1.82, 2.24) is 14.5 Å². The van der Waals surface area contributed by atoms with Gasteiger partial charge < -0.3 is 15.2 Å². The van der Waals surface area contributed by atoms with Crippen molar-refractivity contribution in [2.45, 2.75) is 51.7 Å². The van der Waals surface area contributed by atoms with Crippen LogP contribution in [0, 0.1) is 18.6 Å². The van der Waals surface area contributed by atoms with E-state index >= 15 is 8.78 Å². The number of hydrogen-bond donors (Lipinski definition) is 2. The van der Waals surface area contributed by atoms with E-state index < -0.39 is 58.5 Å². The molecular formula is C33H33F4N3O5. The Balaban J connectivity index is 1.95. The molecule has 0 amide bonds. The summed E-state index contributed by atoms with van der Waals surface area (Å²) in [7, 11) is 1.25. The van der Waals surface area contributed by atoms with Crippen molar-refractivity contribution in [3.8, 4) is 16.9 Å². The highest BCUT2D eigenvalue weighted by atomic mass is 19.3. The molecule has 45 heavy (non-hydrogen) atoms. The van der Waals surface area contributed by atoms with Crippen LogP contribution < -0.4 is 21.3 Å². The van der Waals surface area contributed by atoms with Gasteiger partial charge in [-0.1, -0.05) is 54.6 Å². The number of aromatic nitrogens is 2. The highest BCUT2D eigenvalue weighted by Gasteiger charge is 2.31. The Kier molecular flexibility index (Phi) is 10.3. The fourth-order valence-corrected chi connectivity index (χ4v) is 5.28. The van der Waals surface area contributed by atoms with E-state index in [1.54, 1.807) is 30.3 Å². The van der Waals surface area contributed by atoms with Crippen LogP contribution >= 0.6 is 0 Å². The number of alkyl halides is 2. The SMILES string of the molecule is COc1cccc(-c2c(C)n(Cc3c(F)cccc3C(C)(F)F)c(=O)n(C[C@H](NCCCC(=O)O)c3ccccc3)c2=O)c1F. The first kappa shape index (κ1) is 33.2. The number of ether oxygens (including phenoxy) is 1. The topological polar surface area (TPSA) is 103 Å². The first-order chi connectivity index (χ1) is 21.3. The maximum absolute atomic E-state index is 15.6. The molecule has 4 aromatic rings. The smallest absolute Gasteiger partial charge is 0.331 e. The van der Waals surface area contributed by atoms with Crippen molar-refractivity contribution in [3.63, 3.8) is 0 Å². The minimum absolute atomic E-state index is 0.0623. The van der Waals surface area contributed by atoms with Gasteiger partial charge in [0.2, 0.25) is 0 Å². The molecule has 0 saturated heterocycles. The van der Waals surface area contributed by atoms with Gasteiger partial charge >= 0.3 is 11.7 Å². The Bertz CT molecular complexity index is 1800. The van der Waals surface area contributed by atoms with Gasteiger partial charge in [-0.3, -0.25) is 18.7 Å². The molecule has 238 valence electrons. The number of aliphatic carboxylic acids is 1. The van der Waals surface area contributed by atoms with Crippen LogP contribution in [0.15, 0.2) is 76.3 Å². The number of rotatable bonds is 13. The number of carboxylic acids is 1. The molecule has 12 heteroatoms. The van der Waals surface area contributed by atoms with Crippen molar-refractivity contribution in [1.29, 1.82) is 0 Å². The van der Waals surface area contributed by atoms with Gasteiger partial charge in [0.05, 0.1) is 31.8 Å². The third-order valence-corrected chi connectivity index (χ3v) is 7.57. The number of hydrogen-bond acceptors (Lipinski definition) is 5. The van der Waals surface area contributed by atoms with Gasteiger partial charge in [0, 0.05) is 35.7 Å². The zero-order valence-corrected chi connectivity index (χ0v) is 25.0. The second-order valence-corrected chi connectivity index (χ2v) is 10.6. The van der Waals surface area contributed by atoms with Gasteiger partial charge in [0.15, 0.2) is 11.6 Å². The van der Waals surface area contributed by atoms with Crippen molar-refractivity contribution in [3.05, 3.63) is 122 Å². The van der Waals surface area contributed by atoms with Gasteiger partial charge in [0.25, 0.3) is 11.5 Å². The van der Waals surface area contributed by atoms with E-state index in [0.29, 0.717) is 12.5 Å². The normalized spacial score (nSPS) is 12.2. The average Bonchev–Trinajstić information content (AvgIpc) is 2.99. The van der Waals surface area contributed by atoms with Crippen LogP contribution in [0.25, 0.3) is 11.1 Å². The van der Waals surface area contributed by atoms with E-state index in [0.717, 1.165) is 27.3 Å². The standard InChI is InChI=1S/C33H33F4N3O5/c1-20-29(22-12-7-15-27(45-3)30(22)35)31(43)40(19-26(21-10-5-4-6-11-21)38-17-9-16-28(41)42)32(44)39(20)18-23-24(33(2,36)37)13-8-14-25(23)34/h4-8,10-15,26,38H,9,16-19H2,1-3H3,(H,41,42)/t26-/m0/s1. The van der Waals surface area contributed by atoms with E-state index in [-0.39, 0.29) is 48.5 Å². The maximum atomic E-state index is 15.6. The van der Waals surface area contributed by atoms with Crippen LogP contribution in [0.4, 0.5) is 17.6 Å². The maximum Gasteiger partial charge on any atom is 0.331 e. The van der Waals surface area contributed by atoms with Gasteiger partial charge in [-0.25, -0.2) is 22.4 Å². The highest BCUT2D eigenvalue weighted by Crippen LogP contribution is 2.33. The lowest BCUT2D eigenvalue weighted by Gasteiger charge is -2.24. The Labute approximate surface area is 256 Å². The molecule has 1 aromatic heterocycles. The quantitative estimate of drug-likeness (QED) is 0.147. The Hall–Kier alpha value is -4.71. The molecule has 1 heterocycles. The number of nitrogens with one attached hydrogen (secondary N) is 1. The number of nitrogens with zero attached hydrogens (tertiary/aromatic N) is 2. The molecular weight excluding hydrogens is 594 g/mol. The van der Waals surface area contributed by atoms with Crippen LogP contribution in [-0.2, 0) is 23.8 Å². The number of methoxy groups -OCH3 is 1. The van der Waals surface area contributed by atoms with Crippen molar-refractivity contribution < 1.29 is 32.2 Å². The first-order valence-corrected chi connectivity index (χ1v) is 14.2. The second kappa shape index (κ2) is 13.9. The van der Waals surface area contributed by atoms with Crippen LogP contribution in [-0.4, -0.2) is 33.9 Å². The highest BCUT2D eigenvalue weighted by molar-refractivity contribution is 5.68. The van der Waals surface area contributed by atoms with E-state index in [1.165, 1.54) is 32.2 Å². The Morgan fingerprint density at radius 2 is 1.69 bits per heavy atom. The van der Waals surface area contributed by atoms with Gasteiger partial charge in [0.1, 0.15) is 5.82 Å². The summed E-state index contributed by atoms with van der Waals surface area (Å²) in [5.74, 6) is -6.46. The molecule has 0 aliphatic carbocycles. The summed E-state index contributed by atoms with van der Waals surface area (Å²) >= 11 is 0. The number of carbonyl (C=O) groups is 1. The Morgan fingerprint density at radius 1 is 1.00 bits per heavy atom. The number of halogens is 4. The van der Waals surface area contributed by atoms with Gasteiger partial charge in [-0.2, -0.15) is 0 Å². The predicted molar refractivity (Wildman–Crippen MR) is 161 cm³/mol. The summed E-state index contributed by atoms with van der Waals surface area (Å²) in [5, 5.41) is 12.2. The first-order valence-electron chi connectivity index (χ1n) is 14.2. The molecule has 0 aliphatic heterocycles. The molecule has 0 fully saturated rings. The summed E-state index contributed by atoms with van der Waals surface area (Å²) in [5.41, 5.74) is -2.69. The van der Waals surface area contributed by atoms with Crippen molar-refractivity contribution in [2.24, 2.45) is 0 Å². The molecule has 4 rings (SSSR count). The molecule has 3 aromatic carbocycles. The lowest BCUT2D eigenvalue weighted by atomic mass is 10.0. The van der Waals surface area contributed by atoms with Crippen molar-refractivity contribution >= 4 is 5.97 Å². The molecule has 0 bridgehead atoms. The zero-order chi connectivity index (χ0) is 32.9. The Morgan fingerprint density at radius 3 is 2.33 bits per heavy atom. The minimum atomic E-state index is -3.45. The van der Waals surface area contributed by atoms with Gasteiger partial charge in [-0.05, 0) is 37.6 Å². The summed E-state index contributed by atoms with van der Waals surface area (Å²) in [6, 6.07) is 15.4. The largest absolute Gasteiger partial charge is 0.494 e. The fourth-order valence-electron chi connectivity index (χ4n) is 5.28. The van der Waals surface area contributed by atoms with Gasteiger partial charge in [-0.15, -0.1) is 0 Å². The molecule has 2 N–H and O–H groups in total. The molecule has 8 nitrogen and oxygen atoms in total. The monoisotopic (exact) mass is 627 g/mol. The fraction of sp³-hybridized carbons (Fsp3) is 0.303. The predicted octanol–water partition coefficient (Wildman–Crippen LogP) is 5.63. The molecule has 0 saturated carbocycles. The van der Waals surface area contributed by atoms with E-state index in [1.807, 2.05) is 0 Å². The van der Waals surface area contributed by atoms with Crippen LogP contribution in [0.1, 0.15) is 48.2 Å². The number of carboxylic acid groups (broad SMARTS) is 1. The minimum Gasteiger partial charge on any atom is -0.494 e. The summed E-state index contributed by atoms with van der Waals surface area (Å²) in [4.78, 5) is 39.2. The summed E-state index contributed by atoms with van der Waals surface area (Å²) in [6.07, 6.45) is 0.144. The second-order valence-electron chi connectivity index (χ2n) is 10.6. The van der Waals surface area contributed by atoms with E-state index in [9.17, 15) is 23.2 Å². The average molecular weight is 628 g/mol. The van der Waals surface area contributed by atoms with E-state index in [2.05, 4.69) is 5.32 Å². The summed E-state index contributed by atoms with van der Waals surface area (Å²) < 4.78 is 66.8. The zero-order valence-electron chi connectivity index (χ0n) is 25.0. The van der Waals surface area contributed by atoms with Crippen LogP contribution in [0.3, 0.4) is 0 Å². The molecule has 0 spiro atoms. The van der Waals surface area contributed by atoms with E-state index in [4.69, 9.17) is 9.84 Å². The molecule has 0 unspecified atom stereocenters. The third kappa shape index (κ3) is 7.34. The molecule has 0 aliphatic rings. The lowest BCUT2D eigenvalue weighted by molar-refractivity contribution is -0.137. The summed E-state index contributed by atoms with van der Waals surface area (Å²) in [6.45, 7) is 1.24. The van der Waals surface area contributed by atoms with Crippen LogP contribution in [0.2, 0.25) is 0 Å². The molecule has 0 radical (unpaired) electrons.